The highest BCUT2D eigenvalue weighted by atomic mass is 24.3. The van der Waals surface area contributed by atoms with Gasteiger partial charge >= 0.3 is 52.3 Å². The summed E-state index contributed by atoms with van der Waals surface area (Å²) in [4.78, 5) is 0. The van der Waals surface area contributed by atoms with E-state index >= 15 is 0 Å². The third-order valence-electron chi connectivity index (χ3n) is 0. The second kappa shape index (κ2) is 25.4. The Hall–Kier alpha value is 0.546. The lowest BCUT2D eigenvalue weighted by Gasteiger charge is -1.69. The molecule has 0 aromatic rings. The maximum absolute atomic E-state index is 7.17. The molecule has 0 aliphatic rings. The molecule has 0 heterocycles. The lowest BCUT2D eigenvalue weighted by Crippen LogP contribution is -2.07. The predicted octanol–water partition coefficient (Wildman–Crippen LogP) is -9.12. The second-order valence-electron chi connectivity index (χ2n) is 1.39. The molecule has 12 nitrogen and oxygen atoms in total. The van der Waals surface area contributed by atoms with E-state index in [1.165, 1.54) is 0 Å². The van der Waals surface area contributed by atoms with Crippen molar-refractivity contribution in [1.29, 1.82) is 0 Å². The average molecular weight is 274 g/mol. The van der Waals surface area contributed by atoms with E-state index < -0.39 is 29.3 Å². The Bertz CT molecular complexity index is 61.5. The van der Waals surface area contributed by atoms with Crippen LogP contribution in [-0.4, -0.2) is 113 Å². The first-order chi connectivity index (χ1) is 6.93. The highest BCUT2D eigenvalue weighted by Crippen LogP contribution is 1.41. The Morgan fingerprint density at radius 1 is 0.294 bits per heavy atom. The fraction of sp³-hybridized carbons (Fsp3) is 0. The van der Waals surface area contributed by atoms with Gasteiger partial charge in [0.1, 0.15) is 0 Å². The monoisotopic (exact) mass is 274 g/mol. The Kier molecular flexibility index (Phi) is 45.6. The van der Waals surface area contributed by atoms with Crippen LogP contribution in [0.5, 0.6) is 0 Å². The summed E-state index contributed by atoms with van der Waals surface area (Å²) in [6, 6.07) is 0. The van der Waals surface area contributed by atoms with Crippen LogP contribution in [0.2, 0.25) is 0 Å². The molecule has 0 aliphatic carbocycles. The zero-order chi connectivity index (χ0) is 14.3. The molecule has 17 heavy (non-hydrogen) atoms. The first-order valence-corrected chi connectivity index (χ1v) is 3.10. The Labute approximate surface area is 113 Å². The number of hydrogen-bond acceptors (Lipinski definition) is 12. The molecule has 100 valence electrons. The normalized spacial score (nSPS) is 6.35. The van der Waals surface area contributed by atoms with Gasteiger partial charge in [-0.3, -0.25) is 0 Å². The summed E-state index contributed by atoms with van der Waals surface area (Å²) in [5.74, 6) is 0. The first kappa shape index (κ1) is 30.5. The van der Waals surface area contributed by atoms with Gasteiger partial charge in [0.15, 0.2) is 0 Å². The zero-order valence-electron chi connectivity index (χ0n) is 7.68. The molecule has 0 rings (SSSR count). The van der Waals surface area contributed by atoms with Crippen molar-refractivity contribution in [3.63, 3.8) is 0 Å². The fourth-order valence-corrected chi connectivity index (χ4v) is 0. The van der Waals surface area contributed by atoms with E-state index in [2.05, 4.69) is 0 Å². The molecule has 12 N–H and O–H groups in total. The lowest BCUT2D eigenvalue weighted by atomic mass is 10.3. The highest BCUT2D eigenvalue weighted by Gasteiger charge is 1.93. The Morgan fingerprint density at radius 2 is 0.294 bits per heavy atom. The molecule has 0 atom stereocenters. The maximum Gasteiger partial charge on any atom is 0.631 e. The quantitative estimate of drug-likeness (QED) is 0.184. The molecule has 0 unspecified atom stereocenters. The van der Waals surface area contributed by atoms with Gasteiger partial charge < -0.3 is 60.3 Å². The molecule has 17 heteroatoms. The first-order valence-electron chi connectivity index (χ1n) is 3.10. The third-order valence-corrected chi connectivity index (χ3v) is 0. The van der Waals surface area contributed by atoms with Crippen LogP contribution in [0.4, 0.5) is 0 Å². The summed E-state index contributed by atoms with van der Waals surface area (Å²) in [6.45, 7) is 0. The summed E-state index contributed by atoms with van der Waals surface area (Å²) in [5, 5.41) is 86.0. The van der Waals surface area contributed by atoms with E-state index in [1.807, 2.05) is 0 Å². The molecule has 0 bridgehead atoms. The molecule has 0 amide bonds. The van der Waals surface area contributed by atoms with Gasteiger partial charge in [0.25, 0.3) is 0 Å². The van der Waals surface area contributed by atoms with E-state index in [4.69, 9.17) is 60.3 Å². The second-order valence-corrected chi connectivity index (χ2v) is 1.39. The van der Waals surface area contributed by atoms with Gasteiger partial charge in [-0.25, -0.2) is 0 Å². The van der Waals surface area contributed by atoms with Gasteiger partial charge in [-0.2, -0.15) is 0 Å². The van der Waals surface area contributed by atoms with Crippen LogP contribution in [0.1, 0.15) is 0 Å². The lowest BCUT2D eigenvalue weighted by molar-refractivity contribution is 0.276. The Balaban J connectivity index is -0.0000000369. The molecule has 0 saturated heterocycles. The van der Waals surface area contributed by atoms with Crippen LogP contribution >= 0.6 is 0 Å². The number of hydrogen-bond donors (Lipinski definition) is 12. The topological polar surface area (TPSA) is 243 Å². The van der Waals surface area contributed by atoms with Crippen molar-refractivity contribution in [1.82, 2.24) is 0 Å². The SMILES string of the molecule is OB(O)O.OB(O)O.OB(O)O.OB(O)O.[MgH2]. The molecule has 0 aliphatic heterocycles. The molecule has 0 radical (unpaired) electrons. The third kappa shape index (κ3) is 11700. The van der Waals surface area contributed by atoms with Crippen LogP contribution < -0.4 is 0 Å². The molecule has 0 aromatic carbocycles. The predicted molar refractivity (Wildman–Crippen MR) is 58.2 cm³/mol. The minimum Gasteiger partial charge on any atom is -0.402 e. The van der Waals surface area contributed by atoms with E-state index in [9.17, 15) is 0 Å². The summed E-state index contributed by atoms with van der Waals surface area (Å²) >= 11 is 0. The van der Waals surface area contributed by atoms with Gasteiger partial charge in [0, 0.05) is 0 Å². The molecule has 0 aromatic heterocycles. The standard InChI is InChI=1S/4BH3O3.Mg.2H/c4*2-1(3)4;;;/h4*2-4H;;;. The summed E-state index contributed by atoms with van der Waals surface area (Å²) in [6.07, 6.45) is 0. The van der Waals surface area contributed by atoms with Gasteiger partial charge in [0.2, 0.25) is 0 Å². The van der Waals surface area contributed by atoms with Crippen LogP contribution in [0.3, 0.4) is 0 Å². The van der Waals surface area contributed by atoms with Crippen molar-refractivity contribution in [3.05, 3.63) is 0 Å². The number of rotatable bonds is 0. The van der Waals surface area contributed by atoms with Crippen LogP contribution in [0.25, 0.3) is 0 Å². The highest BCUT2D eigenvalue weighted by molar-refractivity contribution is 6.31. The maximum atomic E-state index is 7.17. The summed E-state index contributed by atoms with van der Waals surface area (Å²) in [7, 11) is -8.67. The van der Waals surface area contributed by atoms with Crippen molar-refractivity contribution in [2.75, 3.05) is 0 Å². The molecular formula is H14B4MgO12. The van der Waals surface area contributed by atoms with Crippen LogP contribution in [0, 0.1) is 0 Å². The Morgan fingerprint density at radius 3 is 0.294 bits per heavy atom. The van der Waals surface area contributed by atoms with Gasteiger partial charge in [-0.1, -0.05) is 0 Å². The largest absolute Gasteiger partial charge is 0.631 e. The van der Waals surface area contributed by atoms with Crippen molar-refractivity contribution in [2.24, 2.45) is 0 Å². The van der Waals surface area contributed by atoms with E-state index in [0.717, 1.165) is 0 Å². The average Bonchev–Trinajstić information content (AvgIpc) is 1.76. The summed E-state index contributed by atoms with van der Waals surface area (Å²) in [5.41, 5.74) is 0. The molecule has 0 fully saturated rings. The van der Waals surface area contributed by atoms with E-state index in [0.29, 0.717) is 0 Å². The van der Waals surface area contributed by atoms with Gasteiger partial charge in [-0.05, 0) is 0 Å². The smallest absolute Gasteiger partial charge is 0.402 e. The van der Waals surface area contributed by atoms with Crippen molar-refractivity contribution >= 4 is 52.3 Å². The van der Waals surface area contributed by atoms with Crippen molar-refractivity contribution in [3.8, 4) is 0 Å². The van der Waals surface area contributed by atoms with Crippen molar-refractivity contribution in [2.45, 2.75) is 0 Å². The molecular weight excluding hydrogens is 260 g/mol. The van der Waals surface area contributed by atoms with Crippen molar-refractivity contribution < 1.29 is 60.3 Å². The molecule has 0 spiro atoms. The fourth-order valence-electron chi connectivity index (χ4n) is 0. The minimum absolute atomic E-state index is 0. The summed E-state index contributed by atoms with van der Waals surface area (Å²) < 4.78 is 0. The van der Waals surface area contributed by atoms with E-state index in [-0.39, 0.29) is 23.1 Å². The molecule has 0 saturated carbocycles. The van der Waals surface area contributed by atoms with Crippen LogP contribution in [-0.2, 0) is 0 Å². The van der Waals surface area contributed by atoms with Gasteiger partial charge in [0.05, 0.1) is 0 Å². The van der Waals surface area contributed by atoms with Gasteiger partial charge in [-0.15, -0.1) is 0 Å². The van der Waals surface area contributed by atoms with E-state index in [1.54, 1.807) is 0 Å². The van der Waals surface area contributed by atoms with Crippen LogP contribution in [0.15, 0.2) is 0 Å². The minimum atomic E-state index is -2.17. The zero-order valence-corrected chi connectivity index (χ0v) is 7.68.